The third-order valence-corrected chi connectivity index (χ3v) is 2.32. The lowest BCUT2D eigenvalue weighted by molar-refractivity contribution is 0.0600. The Hall–Kier alpha value is -1.84. The summed E-state index contributed by atoms with van der Waals surface area (Å²) < 4.78 is 4.62. The molecular formula is C11H14N2O2. The second kappa shape index (κ2) is 4.13. The van der Waals surface area contributed by atoms with Gasteiger partial charge in [0.1, 0.15) is 0 Å². The molecule has 15 heavy (non-hydrogen) atoms. The fourth-order valence-corrected chi connectivity index (χ4v) is 1.39. The molecule has 0 bridgehead atoms. The van der Waals surface area contributed by atoms with Gasteiger partial charge >= 0.3 is 5.97 Å². The average Bonchev–Trinajstić information content (AvgIpc) is 2.20. The normalized spacial score (nSPS) is 9.80. The van der Waals surface area contributed by atoms with Crippen LogP contribution in [0, 0.1) is 12.3 Å². The second-order valence-electron chi connectivity index (χ2n) is 3.32. The number of carbonyl (C=O) groups excluding carboxylic acids is 1. The second-order valence-corrected chi connectivity index (χ2v) is 3.32. The summed E-state index contributed by atoms with van der Waals surface area (Å²) in [5.74, 6) is -0.409. The first-order valence-electron chi connectivity index (χ1n) is 4.52. The van der Waals surface area contributed by atoms with Gasteiger partial charge in [0, 0.05) is 17.0 Å². The number of benzene rings is 1. The van der Waals surface area contributed by atoms with Crippen LogP contribution < -0.4 is 5.73 Å². The van der Waals surface area contributed by atoms with Crippen LogP contribution in [0.15, 0.2) is 12.1 Å². The van der Waals surface area contributed by atoms with E-state index >= 15 is 0 Å². The van der Waals surface area contributed by atoms with Crippen molar-refractivity contribution in [2.45, 2.75) is 13.8 Å². The average molecular weight is 206 g/mol. The van der Waals surface area contributed by atoms with E-state index in [4.69, 9.17) is 11.1 Å². The van der Waals surface area contributed by atoms with Crippen LogP contribution in [0.1, 0.15) is 28.4 Å². The summed E-state index contributed by atoms with van der Waals surface area (Å²) in [6.45, 7) is 3.40. The van der Waals surface area contributed by atoms with Gasteiger partial charge in [-0.1, -0.05) is 6.07 Å². The van der Waals surface area contributed by atoms with Crippen molar-refractivity contribution in [1.82, 2.24) is 0 Å². The van der Waals surface area contributed by atoms with Gasteiger partial charge in [0.25, 0.3) is 0 Å². The number of nitrogen functional groups attached to an aromatic ring is 1. The Kier molecular flexibility index (Phi) is 3.09. The van der Waals surface area contributed by atoms with Crippen LogP contribution in [0.5, 0.6) is 0 Å². The molecule has 0 amide bonds. The van der Waals surface area contributed by atoms with E-state index in [0.717, 1.165) is 0 Å². The molecule has 0 heterocycles. The summed E-state index contributed by atoms with van der Waals surface area (Å²) in [6.07, 6.45) is 0. The Labute approximate surface area is 88.6 Å². The number of ether oxygens (including phenoxy) is 1. The monoisotopic (exact) mass is 206 g/mol. The lowest BCUT2D eigenvalue weighted by atomic mass is 10.00. The molecule has 0 saturated carbocycles. The van der Waals surface area contributed by atoms with Crippen molar-refractivity contribution in [3.05, 3.63) is 28.8 Å². The molecule has 1 aromatic carbocycles. The zero-order valence-corrected chi connectivity index (χ0v) is 9.05. The van der Waals surface area contributed by atoms with Crippen LogP contribution >= 0.6 is 0 Å². The zero-order valence-electron chi connectivity index (χ0n) is 9.05. The standard InChI is InChI=1S/C11H14N2O2/c1-6-8(11(14)15-3)4-5-9(7(2)12)10(6)13/h4-5,12H,13H2,1-3H3. The molecule has 4 nitrogen and oxygen atoms in total. The van der Waals surface area contributed by atoms with Gasteiger partial charge in [-0.25, -0.2) is 4.79 Å². The number of hydrogen-bond donors (Lipinski definition) is 2. The van der Waals surface area contributed by atoms with Crippen molar-refractivity contribution in [1.29, 1.82) is 5.41 Å². The highest BCUT2D eigenvalue weighted by Gasteiger charge is 2.14. The number of esters is 1. The fourth-order valence-electron chi connectivity index (χ4n) is 1.39. The summed E-state index contributed by atoms with van der Waals surface area (Å²) in [6, 6.07) is 3.29. The smallest absolute Gasteiger partial charge is 0.338 e. The van der Waals surface area contributed by atoms with E-state index in [1.807, 2.05) is 0 Å². The molecule has 1 rings (SSSR count). The lowest BCUT2D eigenvalue weighted by Gasteiger charge is -2.10. The Morgan fingerprint density at radius 2 is 1.93 bits per heavy atom. The van der Waals surface area contributed by atoms with Crippen LogP contribution in [0.4, 0.5) is 5.69 Å². The molecule has 0 aliphatic carbocycles. The predicted octanol–water partition coefficient (Wildman–Crippen LogP) is 1.75. The minimum absolute atomic E-state index is 0.381. The van der Waals surface area contributed by atoms with Gasteiger partial charge in [0.05, 0.1) is 12.7 Å². The molecule has 0 aliphatic heterocycles. The maximum Gasteiger partial charge on any atom is 0.338 e. The Morgan fingerprint density at radius 1 is 1.40 bits per heavy atom. The summed E-state index contributed by atoms with van der Waals surface area (Å²) >= 11 is 0. The minimum Gasteiger partial charge on any atom is -0.465 e. The van der Waals surface area contributed by atoms with Crippen LogP contribution in [0.2, 0.25) is 0 Å². The van der Waals surface area contributed by atoms with Gasteiger partial charge in [-0.15, -0.1) is 0 Å². The van der Waals surface area contributed by atoms with Crippen molar-refractivity contribution in [2.24, 2.45) is 0 Å². The van der Waals surface area contributed by atoms with E-state index in [1.165, 1.54) is 7.11 Å². The van der Waals surface area contributed by atoms with Gasteiger partial charge in [-0.3, -0.25) is 0 Å². The van der Waals surface area contributed by atoms with E-state index in [-0.39, 0.29) is 0 Å². The number of hydrogen-bond acceptors (Lipinski definition) is 4. The highest BCUT2D eigenvalue weighted by Crippen LogP contribution is 2.22. The summed E-state index contributed by atoms with van der Waals surface area (Å²) in [7, 11) is 1.33. The first-order valence-corrected chi connectivity index (χ1v) is 4.52. The molecule has 0 unspecified atom stereocenters. The molecule has 0 radical (unpaired) electrons. The third kappa shape index (κ3) is 1.98. The summed E-state index contributed by atoms with van der Waals surface area (Å²) in [5.41, 5.74) is 8.43. The van der Waals surface area contributed by atoms with Gasteiger partial charge in [0.2, 0.25) is 0 Å². The SMILES string of the molecule is COC(=O)c1ccc(C(C)=N)c(N)c1C. The van der Waals surface area contributed by atoms with E-state index in [9.17, 15) is 4.79 Å². The van der Waals surface area contributed by atoms with Crippen LogP contribution in [-0.2, 0) is 4.74 Å². The third-order valence-electron chi connectivity index (χ3n) is 2.32. The number of methoxy groups -OCH3 is 1. The molecule has 3 N–H and O–H groups in total. The van der Waals surface area contributed by atoms with Crippen molar-refractivity contribution in [3.63, 3.8) is 0 Å². The maximum absolute atomic E-state index is 11.3. The molecule has 80 valence electrons. The maximum atomic E-state index is 11.3. The van der Waals surface area contributed by atoms with Crippen LogP contribution in [0.3, 0.4) is 0 Å². The van der Waals surface area contributed by atoms with Gasteiger partial charge in [-0.2, -0.15) is 0 Å². The molecule has 1 aromatic rings. The lowest BCUT2D eigenvalue weighted by Crippen LogP contribution is -2.09. The number of anilines is 1. The van der Waals surface area contributed by atoms with Crippen LogP contribution in [-0.4, -0.2) is 18.8 Å². The molecule has 0 aromatic heterocycles. The minimum atomic E-state index is -0.409. The topological polar surface area (TPSA) is 76.2 Å². The quantitative estimate of drug-likeness (QED) is 0.439. The fraction of sp³-hybridized carbons (Fsp3) is 0.273. The summed E-state index contributed by atoms with van der Waals surface area (Å²) in [5, 5.41) is 7.50. The highest BCUT2D eigenvalue weighted by molar-refractivity contribution is 6.03. The number of nitrogens with two attached hydrogens (primary N) is 1. The summed E-state index contributed by atoms with van der Waals surface area (Å²) in [4.78, 5) is 11.3. The zero-order chi connectivity index (χ0) is 11.6. The molecule has 4 heteroatoms. The van der Waals surface area contributed by atoms with E-state index in [2.05, 4.69) is 4.74 Å². The molecule has 0 aliphatic rings. The first kappa shape index (κ1) is 11.2. The highest BCUT2D eigenvalue weighted by atomic mass is 16.5. The van der Waals surface area contributed by atoms with Gasteiger partial charge in [0.15, 0.2) is 0 Å². The number of nitrogens with one attached hydrogen (secondary N) is 1. The molecule has 0 atom stereocenters. The first-order chi connectivity index (χ1) is 6.99. The Balaban J connectivity index is 3.33. The van der Waals surface area contributed by atoms with Crippen molar-refractivity contribution in [3.8, 4) is 0 Å². The van der Waals surface area contributed by atoms with Gasteiger partial charge in [-0.05, 0) is 25.5 Å². The van der Waals surface area contributed by atoms with E-state index in [0.29, 0.717) is 28.1 Å². The number of rotatable bonds is 2. The van der Waals surface area contributed by atoms with Crippen molar-refractivity contribution in [2.75, 3.05) is 12.8 Å². The van der Waals surface area contributed by atoms with E-state index < -0.39 is 5.97 Å². The Bertz CT molecular complexity index is 425. The molecular weight excluding hydrogens is 192 g/mol. The van der Waals surface area contributed by atoms with Crippen molar-refractivity contribution >= 4 is 17.4 Å². The van der Waals surface area contributed by atoms with E-state index in [1.54, 1.807) is 26.0 Å². The molecule has 0 fully saturated rings. The number of carbonyl (C=O) groups is 1. The molecule has 0 saturated heterocycles. The largest absolute Gasteiger partial charge is 0.465 e. The molecule has 0 spiro atoms. The predicted molar refractivity (Wildman–Crippen MR) is 59.4 cm³/mol. The van der Waals surface area contributed by atoms with Crippen LogP contribution in [0.25, 0.3) is 0 Å². The van der Waals surface area contributed by atoms with Crippen molar-refractivity contribution < 1.29 is 9.53 Å². The Morgan fingerprint density at radius 3 is 2.40 bits per heavy atom. The van der Waals surface area contributed by atoms with Gasteiger partial charge < -0.3 is 15.9 Å².